The summed E-state index contributed by atoms with van der Waals surface area (Å²) in [7, 11) is 1.37. The molecule has 0 bridgehead atoms. The number of alkyl halides is 2. The standard InChI is InChI=1S/C16H15F2N3OS/c1-10-5-6-11(13-4-3-7-23-13)8-12(10)9-21-15(14(17)18)19-20(2)16(21)22/h3-8,14H,9H2,1-2H3. The van der Waals surface area contributed by atoms with E-state index in [1.165, 1.54) is 7.05 Å². The molecule has 0 amide bonds. The van der Waals surface area contributed by atoms with Gasteiger partial charge in [-0.1, -0.05) is 18.2 Å². The van der Waals surface area contributed by atoms with Crippen LogP contribution < -0.4 is 5.69 Å². The smallest absolute Gasteiger partial charge is 0.270 e. The van der Waals surface area contributed by atoms with Crippen LogP contribution in [0, 0.1) is 6.92 Å². The SMILES string of the molecule is Cc1ccc(-c2cccs2)cc1Cn1c(C(F)F)nn(C)c1=O. The largest absolute Gasteiger partial charge is 0.346 e. The minimum absolute atomic E-state index is 0.0807. The number of aromatic nitrogens is 3. The maximum absolute atomic E-state index is 13.1. The Labute approximate surface area is 135 Å². The number of thiophene rings is 1. The van der Waals surface area contributed by atoms with Crippen molar-refractivity contribution in [2.24, 2.45) is 7.05 Å². The fourth-order valence-corrected chi connectivity index (χ4v) is 3.17. The van der Waals surface area contributed by atoms with Crippen molar-refractivity contribution in [3.05, 3.63) is 63.1 Å². The summed E-state index contributed by atoms with van der Waals surface area (Å²) in [5.74, 6) is -0.501. The summed E-state index contributed by atoms with van der Waals surface area (Å²) < 4.78 is 28.2. The Hall–Kier alpha value is -2.28. The van der Waals surface area contributed by atoms with E-state index in [0.717, 1.165) is 30.8 Å². The average Bonchev–Trinajstić information content (AvgIpc) is 3.13. The highest BCUT2D eigenvalue weighted by atomic mass is 32.1. The first-order chi connectivity index (χ1) is 11.0. The molecule has 0 atom stereocenters. The molecule has 4 nitrogen and oxygen atoms in total. The molecule has 0 aliphatic carbocycles. The van der Waals surface area contributed by atoms with E-state index in [2.05, 4.69) is 5.10 Å². The van der Waals surface area contributed by atoms with Gasteiger partial charge in [0.05, 0.1) is 6.54 Å². The van der Waals surface area contributed by atoms with Crippen LogP contribution in [0.3, 0.4) is 0 Å². The van der Waals surface area contributed by atoms with Crippen LogP contribution in [0.5, 0.6) is 0 Å². The molecule has 0 spiro atoms. The molecule has 0 saturated carbocycles. The number of nitrogens with zero attached hydrogens (tertiary/aromatic N) is 3. The molecule has 3 rings (SSSR count). The summed E-state index contributed by atoms with van der Waals surface area (Å²) in [6.07, 6.45) is -2.79. The normalized spacial score (nSPS) is 11.3. The molecular formula is C16H15F2N3OS. The fraction of sp³-hybridized carbons (Fsp3) is 0.250. The van der Waals surface area contributed by atoms with Gasteiger partial charge in [0.15, 0.2) is 0 Å². The number of benzene rings is 1. The molecule has 0 N–H and O–H groups in total. The Morgan fingerprint density at radius 3 is 2.74 bits per heavy atom. The van der Waals surface area contributed by atoms with Gasteiger partial charge in [0.2, 0.25) is 5.82 Å². The molecule has 7 heteroatoms. The molecule has 0 saturated heterocycles. The number of hydrogen-bond acceptors (Lipinski definition) is 3. The van der Waals surface area contributed by atoms with Gasteiger partial charge in [-0.25, -0.2) is 18.3 Å². The van der Waals surface area contributed by atoms with Gasteiger partial charge >= 0.3 is 5.69 Å². The zero-order chi connectivity index (χ0) is 16.6. The zero-order valence-electron chi connectivity index (χ0n) is 12.7. The van der Waals surface area contributed by atoms with E-state index in [1.54, 1.807) is 11.3 Å². The Bertz CT molecular complexity index is 881. The lowest BCUT2D eigenvalue weighted by atomic mass is 10.0. The van der Waals surface area contributed by atoms with Gasteiger partial charge in [0.1, 0.15) is 0 Å². The van der Waals surface area contributed by atoms with E-state index in [9.17, 15) is 13.6 Å². The number of halogens is 2. The van der Waals surface area contributed by atoms with Crippen LogP contribution in [-0.4, -0.2) is 14.3 Å². The first-order valence-corrected chi connectivity index (χ1v) is 7.90. The van der Waals surface area contributed by atoms with Crippen LogP contribution in [0.2, 0.25) is 0 Å². The predicted octanol–water partition coefficient (Wildman–Crippen LogP) is 3.60. The fourth-order valence-electron chi connectivity index (χ4n) is 2.44. The van der Waals surface area contributed by atoms with E-state index in [4.69, 9.17) is 0 Å². The predicted molar refractivity (Wildman–Crippen MR) is 86.0 cm³/mol. The molecule has 0 unspecified atom stereocenters. The van der Waals surface area contributed by atoms with Crippen molar-refractivity contribution in [2.75, 3.05) is 0 Å². The molecule has 3 aromatic rings. The highest BCUT2D eigenvalue weighted by molar-refractivity contribution is 7.13. The van der Waals surface area contributed by atoms with Gasteiger partial charge in [0, 0.05) is 11.9 Å². The topological polar surface area (TPSA) is 39.8 Å². The lowest BCUT2D eigenvalue weighted by Gasteiger charge is -2.10. The van der Waals surface area contributed by atoms with Gasteiger partial charge in [-0.2, -0.15) is 0 Å². The van der Waals surface area contributed by atoms with Crippen LogP contribution in [-0.2, 0) is 13.6 Å². The highest BCUT2D eigenvalue weighted by Gasteiger charge is 2.20. The Morgan fingerprint density at radius 1 is 1.30 bits per heavy atom. The van der Waals surface area contributed by atoms with E-state index in [-0.39, 0.29) is 6.54 Å². The van der Waals surface area contributed by atoms with Crippen molar-refractivity contribution in [2.45, 2.75) is 19.9 Å². The first-order valence-electron chi connectivity index (χ1n) is 7.02. The maximum atomic E-state index is 13.1. The van der Waals surface area contributed by atoms with Crippen LogP contribution in [0.4, 0.5) is 8.78 Å². The van der Waals surface area contributed by atoms with Gasteiger partial charge < -0.3 is 0 Å². The van der Waals surface area contributed by atoms with Gasteiger partial charge in [-0.05, 0) is 41.1 Å². The Balaban J connectivity index is 2.04. The van der Waals surface area contributed by atoms with E-state index in [1.807, 2.05) is 42.6 Å². The molecule has 2 aromatic heterocycles. The lowest BCUT2D eigenvalue weighted by Crippen LogP contribution is -2.24. The quantitative estimate of drug-likeness (QED) is 0.731. The number of hydrogen-bond donors (Lipinski definition) is 0. The van der Waals surface area contributed by atoms with Crippen LogP contribution in [0.15, 0.2) is 40.5 Å². The third kappa shape index (κ3) is 2.96. The summed E-state index contributed by atoms with van der Waals surface area (Å²) in [5, 5.41) is 5.61. The summed E-state index contributed by atoms with van der Waals surface area (Å²) in [5.41, 5.74) is 2.24. The number of aryl methyl sites for hydroxylation is 2. The third-order valence-corrected chi connectivity index (χ3v) is 4.63. The van der Waals surface area contributed by atoms with Crippen molar-refractivity contribution in [3.63, 3.8) is 0 Å². The van der Waals surface area contributed by atoms with Crippen molar-refractivity contribution >= 4 is 11.3 Å². The zero-order valence-corrected chi connectivity index (χ0v) is 13.5. The minimum atomic E-state index is -2.79. The average molecular weight is 335 g/mol. The van der Waals surface area contributed by atoms with E-state index in [0.29, 0.717) is 0 Å². The van der Waals surface area contributed by atoms with Gasteiger partial charge in [-0.15, -0.1) is 16.4 Å². The molecule has 0 aliphatic rings. The van der Waals surface area contributed by atoms with Crippen LogP contribution in [0.1, 0.15) is 23.4 Å². The summed E-state index contributed by atoms with van der Waals surface area (Å²) in [4.78, 5) is 13.2. The molecule has 0 aliphatic heterocycles. The summed E-state index contributed by atoms with van der Waals surface area (Å²) >= 11 is 1.61. The van der Waals surface area contributed by atoms with E-state index < -0.39 is 17.9 Å². The Kier molecular flexibility index (Phi) is 4.12. The molecule has 0 radical (unpaired) electrons. The highest BCUT2D eigenvalue weighted by Crippen LogP contribution is 2.27. The van der Waals surface area contributed by atoms with Crippen molar-refractivity contribution < 1.29 is 8.78 Å². The maximum Gasteiger partial charge on any atom is 0.346 e. The third-order valence-electron chi connectivity index (χ3n) is 3.72. The van der Waals surface area contributed by atoms with Crippen LogP contribution in [0.25, 0.3) is 10.4 Å². The van der Waals surface area contributed by atoms with Gasteiger partial charge in [-0.3, -0.25) is 4.57 Å². The first kappa shape index (κ1) is 15.6. The minimum Gasteiger partial charge on any atom is -0.270 e. The molecular weight excluding hydrogens is 320 g/mol. The van der Waals surface area contributed by atoms with Crippen molar-refractivity contribution in [1.82, 2.24) is 14.3 Å². The Morgan fingerprint density at radius 2 is 2.09 bits per heavy atom. The monoisotopic (exact) mass is 335 g/mol. The van der Waals surface area contributed by atoms with E-state index >= 15 is 0 Å². The van der Waals surface area contributed by atoms with Gasteiger partial charge in [0.25, 0.3) is 6.43 Å². The lowest BCUT2D eigenvalue weighted by molar-refractivity contribution is 0.134. The number of rotatable bonds is 4. The molecule has 2 heterocycles. The second-order valence-electron chi connectivity index (χ2n) is 5.27. The van der Waals surface area contributed by atoms with Crippen molar-refractivity contribution in [3.8, 4) is 10.4 Å². The molecule has 1 aromatic carbocycles. The molecule has 0 fully saturated rings. The second-order valence-corrected chi connectivity index (χ2v) is 6.22. The second kappa shape index (κ2) is 6.08. The summed E-state index contributed by atoms with van der Waals surface area (Å²) in [6.45, 7) is 1.98. The van der Waals surface area contributed by atoms with Crippen LogP contribution >= 0.6 is 11.3 Å². The van der Waals surface area contributed by atoms with Crippen molar-refractivity contribution in [1.29, 1.82) is 0 Å². The molecule has 120 valence electrons. The summed E-state index contributed by atoms with van der Waals surface area (Å²) in [6, 6.07) is 9.83. The molecule has 23 heavy (non-hydrogen) atoms.